The molecule has 0 amide bonds. The summed E-state index contributed by atoms with van der Waals surface area (Å²) in [6, 6.07) is 0.250. The monoisotopic (exact) mass is 475 g/mol. The molecule has 11 nitrogen and oxygen atoms in total. The summed E-state index contributed by atoms with van der Waals surface area (Å²) in [7, 11) is 0. The van der Waals surface area contributed by atoms with E-state index in [1.54, 1.807) is 23.0 Å². The summed E-state index contributed by atoms with van der Waals surface area (Å²) in [6.07, 6.45) is 7.01. The highest BCUT2D eigenvalue weighted by Crippen LogP contribution is 2.22. The normalized spacial score (nSPS) is 15.5. The Kier molecular flexibility index (Phi) is 4.39. The molecule has 4 heterocycles. The number of H-pyrrole nitrogens is 2. The maximum Gasteiger partial charge on any atom is 0.326 e. The van der Waals surface area contributed by atoms with Crippen LogP contribution in [0.1, 0.15) is 23.4 Å². The maximum absolute atomic E-state index is 11.4. The molecule has 13 heteroatoms. The summed E-state index contributed by atoms with van der Waals surface area (Å²) in [5.74, 6) is 0.156. The quantitative estimate of drug-likeness (QED) is 0.323. The third-order valence-corrected chi connectivity index (χ3v) is 5.68. The SMILES string of the molecule is O=c1[nH]c(O)c(C=c2cnn3c(=NC4CC4)nc(NCc4cnc(Br)s4)nc23)[nH]1. The van der Waals surface area contributed by atoms with E-state index in [1.807, 2.05) is 0 Å². The van der Waals surface area contributed by atoms with Crippen molar-refractivity contribution in [3.63, 3.8) is 0 Å². The smallest absolute Gasteiger partial charge is 0.326 e. The van der Waals surface area contributed by atoms with Crippen molar-refractivity contribution >= 4 is 44.9 Å². The summed E-state index contributed by atoms with van der Waals surface area (Å²) < 4.78 is 2.36. The fraction of sp³-hybridized carbons (Fsp3) is 0.250. The van der Waals surface area contributed by atoms with Gasteiger partial charge in [0, 0.05) is 16.3 Å². The number of thiazole rings is 1. The van der Waals surface area contributed by atoms with Crippen LogP contribution in [0, 0.1) is 0 Å². The minimum atomic E-state index is -0.498. The molecule has 4 aromatic heterocycles. The van der Waals surface area contributed by atoms with Crippen molar-refractivity contribution in [1.82, 2.24) is 34.5 Å². The molecular formula is C16H14BrN9O2S. The second-order valence-corrected chi connectivity index (χ2v) is 8.85. The number of rotatable bonds is 5. The summed E-state index contributed by atoms with van der Waals surface area (Å²) >= 11 is 4.87. The van der Waals surface area contributed by atoms with Gasteiger partial charge in [0.25, 0.3) is 5.62 Å². The molecule has 29 heavy (non-hydrogen) atoms. The number of halogens is 1. The fourth-order valence-corrected chi connectivity index (χ4v) is 3.99. The lowest BCUT2D eigenvalue weighted by molar-refractivity contribution is 0.454. The average Bonchev–Trinajstić information content (AvgIpc) is 3.10. The maximum atomic E-state index is 11.4. The van der Waals surface area contributed by atoms with Crippen LogP contribution in [0.2, 0.25) is 0 Å². The van der Waals surface area contributed by atoms with Gasteiger partial charge < -0.3 is 15.4 Å². The van der Waals surface area contributed by atoms with Crippen LogP contribution in [0.3, 0.4) is 0 Å². The first kappa shape index (κ1) is 18.0. The Labute approximate surface area is 174 Å². The third kappa shape index (κ3) is 3.78. The van der Waals surface area contributed by atoms with Gasteiger partial charge in [-0.05, 0) is 34.8 Å². The highest BCUT2D eigenvalue weighted by molar-refractivity contribution is 9.11. The molecule has 4 N–H and O–H groups in total. The van der Waals surface area contributed by atoms with Crippen molar-refractivity contribution < 1.29 is 5.11 Å². The predicted octanol–water partition coefficient (Wildman–Crippen LogP) is 0.288. The number of imidazole rings is 1. The predicted molar refractivity (Wildman–Crippen MR) is 108 cm³/mol. The zero-order valence-electron chi connectivity index (χ0n) is 14.8. The number of aromatic hydroxyl groups is 1. The van der Waals surface area contributed by atoms with Crippen LogP contribution in [0.15, 0.2) is 26.1 Å². The molecule has 0 spiro atoms. The lowest BCUT2D eigenvalue weighted by Crippen LogP contribution is -2.24. The van der Waals surface area contributed by atoms with Crippen molar-refractivity contribution in [3.8, 4) is 5.88 Å². The van der Waals surface area contributed by atoms with Gasteiger partial charge in [-0.2, -0.15) is 19.6 Å². The molecule has 1 saturated carbocycles. The van der Waals surface area contributed by atoms with Gasteiger partial charge in [-0.1, -0.05) is 0 Å². The Bertz CT molecular complexity index is 1380. The van der Waals surface area contributed by atoms with E-state index in [-0.39, 0.29) is 17.6 Å². The number of nitrogens with one attached hydrogen (secondary N) is 3. The van der Waals surface area contributed by atoms with Crippen LogP contribution in [0.25, 0.3) is 11.7 Å². The molecule has 0 aromatic carbocycles. The molecule has 4 aromatic rings. The number of hydrogen-bond acceptors (Lipinski definition) is 9. The van der Waals surface area contributed by atoms with E-state index in [4.69, 9.17) is 0 Å². The van der Waals surface area contributed by atoms with Crippen LogP contribution in [0.5, 0.6) is 5.88 Å². The van der Waals surface area contributed by atoms with E-state index >= 15 is 0 Å². The van der Waals surface area contributed by atoms with Crippen molar-refractivity contribution in [3.05, 3.63) is 48.2 Å². The minimum absolute atomic E-state index is 0.244. The summed E-state index contributed by atoms with van der Waals surface area (Å²) in [5, 5.41) is 18.0. The second-order valence-electron chi connectivity index (χ2n) is 6.46. The van der Waals surface area contributed by atoms with E-state index in [1.165, 1.54) is 11.3 Å². The number of aromatic amines is 2. The zero-order valence-corrected chi connectivity index (χ0v) is 17.2. The van der Waals surface area contributed by atoms with E-state index < -0.39 is 5.69 Å². The van der Waals surface area contributed by atoms with Gasteiger partial charge in [0.1, 0.15) is 5.69 Å². The van der Waals surface area contributed by atoms with E-state index in [2.05, 4.69) is 56.3 Å². The van der Waals surface area contributed by atoms with Gasteiger partial charge in [0.2, 0.25) is 11.8 Å². The Morgan fingerprint density at radius 1 is 1.38 bits per heavy atom. The number of nitrogens with zero attached hydrogens (tertiary/aromatic N) is 6. The molecule has 0 unspecified atom stereocenters. The molecule has 1 aliphatic rings. The van der Waals surface area contributed by atoms with Crippen LogP contribution in [-0.2, 0) is 6.54 Å². The number of anilines is 1. The summed E-state index contributed by atoms with van der Waals surface area (Å²) in [4.78, 5) is 35.1. The summed E-state index contributed by atoms with van der Waals surface area (Å²) in [6.45, 7) is 0.515. The Morgan fingerprint density at radius 2 is 2.24 bits per heavy atom. The van der Waals surface area contributed by atoms with Gasteiger partial charge in [-0.3, -0.25) is 4.98 Å². The fourth-order valence-electron chi connectivity index (χ4n) is 2.69. The zero-order chi connectivity index (χ0) is 20.0. The number of fused-ring (bicyclic) bond motifs is 1. The van der Waals surface area contributed by atoms with Crippen molar-refractivity contribution in [1.29, 1.82) is 0 Å². The average molecular weight is 476 g/mol. The second kappa shape index (κ2) is 7.08. The molecule has 1 aliphatic carbocycles. The molecule has 0 saturated heterocycles. The van der Waals surface area contributed by atoms with Crippen LogP contribution in [0.4, 0.5) is 5.95 Å². The molecule has 0 bridgehead atoms. The first-order chi connectivity index (χ1) is 14.0. The number of hydrogen-bond donors (Lipinski definition) is 4. The van der Waals surface area contributed by atoms with Gasteiger partial charge in [-0.15, -0.1) is 11.3 Å². The van der Waals surface area contributed by atoms with Gasteiger partial charge in [0.15, 0.2) is 9.56 Å². The van der Waals surface area contributed by atoms with Crippen molar-refractivity contribution in [2.75, 3.05) is 5.32 Å². The first-order valence-corrected chi connectivity index (χ1v) is 10.3. The van der Waals surface area contributed by atoms with Crippen molar-refractivity contribution in [2.24, 2.45) is 4.99 Å². The largest absolute Gasteiger partial charge is 0.493 e. The molecule has 0 atom stereocenters. The van der Waals surface area contributed by atoms with Crippen LogP contribution >= 0.6 is 27.3 Å². The Hall–Kier alpha value is -3.06. The van der Waals surface area contributed by atoms with Gasteiger partial charge in [0.05, 0.1) is 18.8 Å². The van der Waals surface area contributed by atoms with Gasteiger partial charge in [-0.25, -0.2) is 14.8 Å². The first-order valence-electron chi connectivity index (χ1n) is 8.72. The van der Waals surface area contributed by atoms with E-state index in [0.717, 1.165) is 21.6 Å². The number of aromatic nitrogens is 7. The molecule has 0 radical (unpaired) electrons. The highest BCUT2D eigenvalue weighted by Gasteiger charge is 2.21. The van der Waals surface area contributed by atoms with Crippen LogP contribution in [-0.4, -0.2) is 45.7 Å². The van der Waals surface area contributed by atoms with Crippen LogP contribution < -0.4 is 21.8 Å². The Morgan fingerprint density at radius 3 is 2.93 bits per heavy atom. The lowest BCUT2D eigenvalue weighted by atomic mass is 10.3. The topological polar surface area (TPSA) is 149 Å². The minimum Gasteiger partial charge on any atom is -0.493 e. The molecule has 0 aliphatic heterocycles. The third-order valence-electron chi connectivity index (χ3n) is 4.20. The Balaban J connectivity index is 1.60. The molecule has 1 fully saturated rings. The van der Waals surface area contributed by atoms with Crippen molar-refractivity contribution in [2.45, 2.75) is 25.4 Å². The lowest BCUT2D eigenvalue weighted by Gasteiger charge is -2.03. The van der Waals surface area contributed by atoms with E-state index in [0.29, 0.717) is 29.0 Å². The molecule has 148 valence electrons. The molecule has 5 rings (SSSR count). The standard InChI is InChI=1S/C16H14BrN9O2S/c17-13-18-5-9(29-13)6-19-14-23-11-7(3-10-12(27)24-16(28)22-10)4-20-26(11)15(25-14)21-8-1-2-8/h3-5,8,27H,1-2,6H2,(H,19,21,25)(H2,22,24,28). The highest BCUT2D eigenvalue weighted by atomic mass is 79.9. The summed E-state index contributed by atoms with van der Waals surface area (Å²) in [5.41, 5.74) is 0.710. The van der Waals surface area contributed by atoms with E-state index in [9.17, 15) is 9.90 Å². The molecular weight excluding hydrogens is 462 g/mol. The van der Waals surface area contributed by atoms with Gasteiger partial charge >= 0.3 is 5.69 Å².